The predicted molar refractivity (Wildman–Crippen MR) is 196 cm³/mol. The fourth-order valence-corrected chi connectivity index (χ4v) is 7.21. The molecule has 2 aliphatic rings. The standard InChI is InChI=1S/C38H37Cl2N7O3/c1-50-38-24(18-42-21-27-9-12-34(49)46-27)7-10-31(47-38)30-4-2-3-28(35(30)39)29-13-14-43-37(36(29)40)25-16-23-6-5-22(15-32(23)44-19-25)17-41-20-26-8-11-33(48)45-26/h2-7,10,13-16,19,26-27,41-42H,8-9,11-12,17-18,20-21H2,1H3,(H,45,48)(H,46,49)/t26-,27-/m1/s1. The van der Waals surface area contributed by atoms with Gasteiger partial charge < -0.3 is 26.0 Å². The summed E-state index contributed by atoms with van der Waals surface area (Å²) in [6, 6.07) is 20.1. The fraction of sp³-hybridized carbons (Fsp3) is 0.289. The summed E-state index contributed by atoms with van der Waals surface area (Å²) in [6.07, 6.45) is 6.39. The molecule has 2 aromatic carbocycles. The van der Waals surface area contributed by atoms with Crippen LogP contribution < -0.4 is 26.0 Å². The Bertz CT molecular complexity index is 2070. The van der Waals surface area contributed by atoms with Crippen LogP contribution in [-0.2, 0) is 22.7 Å². The van der Waals surface area contributed by atoms with Gasteiger partial charge in [0.25, 0.3) is 0 Å². The van der Waals surface area contributed by atoms with Crippen LogP contribution in [0.5, 0.6) is 5.88 Å². The molecule has 2 amide bonds. The zero-order chi connectivity index (χ0) is 34.6. The molecule has 0 spiro atoms. The molecule has 12 heteroatoms. The van der Waals surface area contributed by atoms with Crippen LogP contribution in [0, 0.1) is 0 Å². The Morgan fingerprint density at radius 2 is 1.54 bits per heavy atom. The number of amides is 2. The van der Waals surface area contributed by atoms with Crippen LogP contribution in [0.25, 0.3) is 44.5 Å². The number of methoxy groups -OCH3 is 1. The smallest absolute Gasteiger partial charge is 0.220 e. The molecule has 10 nitrogen and oxygen atoms in total. The third-order valence-electron chi connectivity index (χ3n) is 9.20. The number of ether oxygens (including phenoxy) is 1. The molecule has 2 fully saturated rings. The highest BCUT2D eigenvalue weighted by molar-refractivity contribution is 6.39. The minimum atomic E-state index is 0.0993. The highest BCUT2D eigenvalue weighted by atomic mass is 35.5. The maximum absolute atomic E-state index is 11.5. The largest absolute Gasteiger partial charge is 0.481 e. The lowest BCUT2D eigenvalue weighted by atomic mass is 9.99. The van der Waals surface area contributed by atoms with Crippen molar-refractivity contribution in [3.05, 3.63) is 94.2 Å². The summed E-state index contributed by atoms with van der Waals surface area (Å²) in [7, 11) is 1.60. The Morgan fingerprint density at radius 1 is 0.820 bits per heavy atom. The summed E-state index contributed by atoms with van der Waals surface area (Å²) in [5.41, 5.74) is 7.22. The maximum Gasteiger partial charge on any atom is 0.220 e. The van der Waals surface area contributed by atoms with Crippen LogP contribution in [0.15, 0.2) is 73.1 Å². The van der Waals surface area contributed by atoms with Crippen molar-refractivity contribution in [2.75, 3.05) is 20.2 Å². The zero-order valence-electron chi connectivity index (χ0n) is 27.6. The summed E-state index contributed by atoms with van der Waals surface area (Å²) in [5, 5.41) is 14.7. The first-order valence-corrected chi connectivity index (χ1v) is 17.5. The second kappa shape index (κ2) is 15.1. The Kier molecular flexibility index (Phi) is 10.2. The van der Waals surface area contributed by atoms with E-state index in [1.54, 1.807) is 19.5 Å². The van der Waals surface area contributed by atoms with Gasteiger partial charge >= 0.3 is 0 Å². The van der Waals surface area contributed by atoms with Crippen molar-refractivity contribution >= 4 is 45.9 Å². The van der Waals surface area contributed by atoms with Crippen molar-refractivity contribution in [3.8, 4) is 39.5 Å². The quantitative estimate of drug-likeness (QED) is 0.123. The lowest BCUT2D eigenvalue weighted by molar-refractivity contribution is -0.120. The van der Waals surface area contributed by atoms with Crippen LogP contribution in [0.2, 0.25) is 10.0 Å². The minimum Gasteiger partial charge on any atom is -0.481 e. The summed E-state index contributed by atoms with van der Waals surface area (Å²) in [5.74, 6) is 0.724. The predicted octanol–water partition coefficient (Wildman–Crippen LogP) is 6.08. The van der Waals surface area contributed by atoms with Crippen molar-refractivity contribution < 1.29 is 14.3 Å². The first kappa shape index (κ1) is 33.9. The van der Waals surface area contributed by atoms with Gasteiger partial charge in [0.1, 0.15) is 0 Å². The summed E-state index contributed by atoms with van der Waals surface area (Å²) < 4.78 is 5.65. The number of hydrogen-bond donors (Lipinski definition) is 4. The van der Waals surface area contributed by atoms with Gasteiger partial charge in [-0.25, -0.2) is 4.98 Å². The first-order chi connectivity index (χ1) is 24.4. The molecule has 2 aliphatic heterocycles. The van der Waals surface area contributed by atoms with E-state index in [0.29, 0.717) is 59.8 Å². The van der Waals surface area contributed by atoms with Gasteiger partial charge in [0.2, 0.25) is 17.7 Å². The van der Waals surface area contributed by atoms with Gasteiger partial charge in [0.15, 0.2) is 0 Å². The number of carbonyl (C=O) groups is 2. The molecule has 0 radical (unpaired) electrons. The van der Waals surface area contributed by atoms with Crippen molar-refractivity contribution in [3.63, 3.8) is 0 Å². The third kappa shape index (κ3) is 7.44. The number of halogens is 2. The van der Waals surface area contributed by atoms with E-state index in [1.807, 2.05) is 42.5 Å². The SMILES string of the molecule is COc1nc(-c2cccc(-c3ccnc(-c4cnc5cc(CNC[C@H]6CCC(=O)N6)ccc5c4)c3Cl)c2Cl)ccc1CNC[C@H]1CCC(=O)N1. The van der Waals surface area contributed by atoms with E-state index in [2.05, 4.69) is 44.5 Å². The van der Waals surface area contributed by atoms with E-state index in [-0.39, 0.29) is 23.9 Å². The van der Waals surface area contributed by atoms with E-state index in [1.165, 1.54) is 0 Å². The third-order valence-corrected chi connectivity index (χ3v) is 9.99. The summed E-state index contributed by atoms with van der Waals surface area (Å²) in [6.45, 7) is 2.66. The van der Waals surface area contributed by atoms with Crippen molar-refractivity contribution in [1.29, 1.82) is 0 Å². The van der Waals surface area contributed by atoms with Crippen LogP contribution in [0.3, 0.4) is 0 Å². The van der Waals surface area contributed by atoms with Gasteiger partial charge in [-0.15, -0.1) is 0 Å². The van der Waals surface area contributed by atoms with Crippen LogP contribution >= 0.6 is 23.2 Å². The average Bonchev–Trinajstić information content (AvgIpc) is 3.75. The molecule has 4 N–H and O–H groups in total. The summed E-state index contributed by atoms with van der Waals surface area (Å²) >= 11 is 14.1. The number of nitrogens with zero attached hydrogens (tertiary/aromatic N) is 3. The average molecular weight is 711 g/mol. The normalized spacial score (nSPS) is 17.3. The number of carbonyl (C=O) groups excluding carboxylic acids is 2. The van der Waals surface area contributed by atoms with Crippen LogP contribution in [0.1, 0.15) is 36.8 Å². The molecule has 0 bridgehead atoms. The van der Waals surface area contributed by atoms with E-state index >= 15 is 0 Å². The molecule has 5 aromatic rings. The molecular weight excluding hydrogens is 673 g/mol. The van der Waals surface area contributed by atoms with E-state index in [0.717, 1.165) is 63.7 Å². The molecule has 0 aliphatic carbocycles. The molecule has 0 saturated carbocycles. The van der Waals surface area contributed by atoms with Gasteiger partial charge in [-0.2, -0.15) is 0 Å². The van der Waals surface area contributed by atoms with Crippen LogP contribution in [0.4, 0.5) is 0 Å². The second-order valence-electron chi connectivity index (χ2n) is 12.7. The van der Waals surface area contributed by atoms with Gasteiger partial charge in [-0.05, 0) is 42.7 Å². The molecule has 5 heterocycles. The molecule has 50 heavy (non-hydrogen) atoms. The second-order valence-corrected chi connectivity index (χ2v) is 13.4. The first-order valence-electron chi connectivity index (χ1n) is 16.7. The number of rotatable bonds is 12. The summed E-state index contributed by atoms with van der Waals surface area (Å²) in [4.78, 5) is 37.1. The van der Waals surface area contributed by atoms with Crippen molar-refractivity contribution in [2.24, 2.45) is 0 Å². The molecular formula is C38H37Cl2N7O3. The number of aromatic nitrogens is 3. The Balaban J connectivity index is 1.08. The molecule has 7 rings (SSSR count). The number of benzene rings is 2. The fourth-order valence-electron chi connectivity index (χ4n) is 6.56. The van der Waals surface area contributed by atoms with Gasteiger partial charge in [-0.1, -0.05) is 59.6 Å². The van der Waals surface area contributed by atoms with Crippen molar-refractivity contribution in [2.45, 2.75) is 50.9 Å². The Hall–Kier alpha value is -4.61. The number of nitrogens with one attached hydrogen (secondary N) is 4. The highest BCUT2D eigenvalue weighted by Gasteiger charge is 2.22. The number of fused-ring (bicyclic) bond motifs is 1. The van der Waals surface area contributed by atoms with Gasteiger partial charge in [0.05, 0.1) is 34.1 Å². The van der Waals surface area contributed by atoms with E-state index < -0.39 is 0 Å². The molecule has 2 saturated heterocycles. The Labute approximate surface area is 300 Å². The number of hydrogen-bond acceptors (Lipinski definition) is 8. The minimum absolute atomic E-state index is 0.0993. The molecule has 2 atom stereocenters. The Morgan fingerprint density at radius 3 is 2.26 bits per heavy atom. The van der Waals surface area contributed by atoms with Crippen LogP contribution in [-0.4, -0.2) is 59.0 Å². The van der Waals surface area contributed by atoms with Gasteiger partial charge in [0, 0.05) is 96.7 Å². The molecule has 0 unspecified atom stereocenters. The lowest BCUT2D eigenvalue weighted by Crippen LogP contribution is -2.35. The van der Waals surface area contributed by atoms with E-state index in [4.69, 9.17) is 37.9 Å². The van der Waals surface area contributed by atoms with Gasteiger partial charge in [-0.3, -0.25) is 19.6 Å². The lowest BCUT2D eigenvalue weighted by Gasteiger charge is -2.15. The van der Waals surface area contributed by atoms with Crippen molar-refractivity contribution in [1.82, 2.24) is 36.2 Å². The number of pyridine rings is 3. The zero-order valence-corrected chi connectivity index (χ0v) is 29.1. The topological polar surface area (TPSA) is 130 Å². The maximum atomic E-state index is 11.5. The highest BCUT2D eigenvalue weighted by Crippen LogP contribution is 2.42. The van der Waals surface area contributed by atoms with E-state index in [9.17, 15) is 9.59 Å². The molecule has 256 valence electrons. The molecule has 3 aromatic heterocycles. The monoisotopic (exact) mass is 709 g/mol.